The van der Waals surface area contributed by atoms with E-state index in [9.17, 15) is 4.39 Å². The van der Waals surface area contributed by atoms with Crippen LogP contribution >= 0.6 is 0 Å². The minimum absolute atomic E-state index is 0.0484. The molecule has 3 aromatic rings. The number of rotatable bonds is 6. The summed E-state index contributed by atoms with van der Waals surface area (Å²) in [5.74, 6) is 0.377. The zero-order valence-electron chi connectivity index (χ0n) is 12.8. The molecule has 24 heavy (non-hydrogen) atoms. The lowest BCUT2D eigenvalue weighted by atomic mass is 10.2. The number of aliphatic hydroxyl groups is 1. The Bertz CT molecular complexity index is 813. The number of nitrogens with one attached hydrogen (secondary N) is 2. The van der Waals surface area contributed by atoms with E-state index in [0.717, 1.165) is 0 Å². The molecule has 0 spiro atoms. The summed E-state index contributed by atoms with van der Waals surface area (Å²) < 4.78 is 13.8. The quantitative estimate of drug-likeness (QED) is 0.646. The number of nitrogens with zero attached hydrogens (tertiary/aromatic N) is 3. The molecule has 122 valence electrons. The van der Waals surface area contributed by atoms with Crippen molar-refractivity contribution in [2.75, 3.05) is 23.8 Å². The van der Waals surface area contributed by atoms with E-state index >= 15 is 0 Å². The van der Waals surface area contributed by atoms with Crippen molar-refractivity contribution >= 4 is 17.5 Å². The number of hydrogen-bond donors (Lipinski definition) is 3. The Morgan fingerprint density at radius 2 is 1.83 bits per heavy atom. The van der Waals surface area contributed by atoms with E-state index in [-0.39, 0.29) is 12.4 Å². The van der Waals surface area contributed by atoms with Gasteiger partial charge in [-0.15, -0.1) is 0 Å². The predicted octanol–water partition coefficient (Wildman–Crippen LogP) is 2.83. The highest BCUT2D eigenvalue weighted by Crippen LogP contribution is 2.23. The van der Waals surface area contributed by atoms with Gasteiger partial charge in [-0.05, 0) is 24.3 Å². The van der Waals surface area contributed by atoms with Gasteiger partial charge in [-0.25, -0.2) is 9.37 Å². The molecular weight excluding hydrogens is 309 g/mol. The molecular formula is C17H16FN5O. The molecule has 0 unspecified atom stereocenters. The van der Waals surface area contributed by atoms with Crippen molar-refractivity contribution in [2.45, 2.75) is 0 Å². The van der Waals surface area contributed by atoms with Crippen LogP contribution in [0.3, 0.4) is 0 Å². The smallest absolute Gasteiger partial charge is 0.225 e. The first-order chi connectivity index (χ1) is 11.8. The first-order valence-corrected chi connectivity index (χ1v) is 7.43. The third kappa shape index (κ3) is 3.82. The van der Waals surface area contributed by atoms with Gasteiger partial charge in [0.05, 0.1) is 23.7 Å². The summed E-state index contributed by atoms with van der Waals surface area (Å²) >= 11 is 0. The average molecular weight is 325 g/mol. The number of halogens is 1. The van der Waals surface area contributed by atoms with Crippen LogP contribution in [0.2, 0.25) is 0 Å². The summed E-state index contributed by atoms with van der Waals surface area (Å²) in [6, 6.07) is 13.5. The van der Waals surface area contributed by atoms with Crippen LogP contribution < -0.4 is 10.6 Å². The molecule has 2 aromatic heterocycles. The van der Waals surface area contributed by atoms with Gasteiger partial charge in [-0.3, -0.25) is 4.98 Å². The van der Waals surface area contributed by atoms with Gasteiger partial charge in [-0.1, -0.05) is 18.2 Å². The van der Waals surface area contributed by atoms with E-state index in [4.69, 9.17) is 5.11 Å². The van der Waals surface area contributed by atoms with E-state index in [2.05, 4.69) is 25.6 Å². The van der Waals surface area contributed by atoms with E-state index in [1.165, 1.54) is 6.07 Å². The van der Waals surface area contributed by atoms with Crippen LogP contribution in [-0.4, -0.2) is 33.2 Å². The molecule has 6 nitrogen and oxygen atoms in total. The minimum Gasteiger partial charge on any atom is -0.395 e. The second kappa shape index (κ2) is 7.47. The maximum atomic E-state index is 13.8. The molecule has 0 saturated carbocycles. The maximum absolute atomic E-state index is 13.8. The Morgan fingerprint density at radius 1 is 1.00 bits per heavy atom. The average Bonchev–Trinajstić information content (AvgIpc) is 2.62. The van der Waals surface area contributed by atoms with Gasteiger partial charge in [0.1, 0.15) is 11.6 Å². The highest BCUT2D eigenvalue weighted by Gasteiger charge is 2.09. The SMILES string of the molecule is OCCNc1nc(Nc2ccccc2F)cc(-c2ccccn2)n1. The van der Waals surface area contributed by atoms with Crippen LogP contribution in [0.5, 0.6) is 0 Å². The lowest BCUT2D eigenvalue weighted by Crippen LogP contribution is -2.10. The Balaban J connectivity index is 1.97. The molecule has 3 N–H and O–H groups in total. The molecule has 0 aliphatic carbocycles. The second-order valence-electron chi connectivity index (χ2n) is 4.93. The summed E-state index contributed by atoms with van der Waals surface area (Å²) in [6.45, 7) is 0.262. The van der Waals surface area contributed by atoms with Gasteiger partial charge in [0.2, 0.25) is 5.95 Å². The molecule has 0 amide bonds. The van der Waals surface area contributed by atoms with Crippen molar-refractivity contribution in [1.82, 2.24) is 15.0 Å². The molecule has 0 fully saturated rings. The van der Waals surface area contributed by atoms with Crippen molar-refractivity contribution in [3.8, 4) is 11.4 Å². The van der Waals surface area contributed by atoms with Gasteiger partial charge >= 0.3 is 0 Å². The van der Waals surface area contributed by atoms with Crippen LogP contribution in [0.25, 0.3) is 11.4 Å². The van der Waals surface area contributed by atoms with Crippen LogP contribution in [-0.2, 0) is 0 Å². The van der Waals surface area contributed by atoms with Gasteiger partial charge in [0.25, 0.3) is 0 Å². The number of hydrogen-bond acceptors (Lipinski definition) is 6. The number of para-hydroxylation sites is 1. The second-order valence-corrected chi connectivity index (χ2v) is 4.93. The van der Waals surface area contributed by atoms with Gasteiger partial charge in [0.15, 0.2) is 0 Å². The Morgan fingerprint density at radius 3 is 2.58 bits per heavy atom. The van der Waals surface area contributed by atoms with Crippen LogP contribution in [0.1, 0.15) is 0 Å². The highest BCUT2D eigenvalue weighted by atomic mass is 19.1. The maximum Gasteiger partial charge on any atom is 0.225 e. The van der Waals surface area contributed by atoms with E-state index < -0.39 is 0 Å². The molecule has 3 rings (SSSR count). The Hall–Kier alpha value is -3.06. The van der Waals surface area contributed by atoms with Crippen LogP contribution in [0, 0.1) is 5.82 Å². The van der Waals surface area contributed by atoms with E-state index in [1.54, 1.807) is 30.5 Å². The molecule has 2 heterocycles. The normalized spacial score (nSPS) is 10.4. The Kier molecular flexibility index (Phi) is 4.93. The minimum atomic E-state index is -0.375. The van der Waals surface area contributed by atoms with Crippen LogP contribution in [0.15, 0.2) is 54.7 Å². The number of anilines is 3. The summed E-state index contributed by atoms with van der Waals surface area (Å²) in [5.41, 5.74) is 1.57. The van der Waals surface area contributed by atoms with Crippen molar-refractivity contribution < 1.29 is 9.50 Å². The monoisotopic (exact) mass is 325 g/mol. The largest absolute Gasteiger partial charge is 0.395 e. The third-order valence-corrected chi connectivity index (χ3v) is 3.18. The molecule has 0 radical (unpaired) electrons. The van der Waals surface area contributed by atoms with E-state index in [0.29, 0.717) is 35.4 Å². The van der Waals surface area contributed by atoms with E-state index in [1.807, 2.05) is 18.2 Å². The van der Waals surface area contributed by atoms with Crippen molar-refractivity contribution in [2.24, 2.45) is 0 Å². The fourth-order valence-electron chi connectivity index (χ4n) is 2.10. The molecule has 0 atom stereocenters. The standard InChI is InChI=1S/C17H16FN5O/c18-12-5-1-2-6-13(12)21-16-11-15(14-7-3-4-8-19-14)22-17(23-16)20-9-10-24/h1-8,11,24H,9-10H2,(H2,20,21,22,23). The highest BCUT2D eigenvalue weighted by molar-refractivity contribution is 5.65. The summed E-state index contributed by atoms with van der Waals surface area (Å²) in [6.07, 6.45) is 1.67. The summed E-state index contributed by atoms with van der Waals surface area (Å²) in [4.78, 5) is 12.9. The third-order valence-electron chi connectivity index (χ3n) is 3.18. The predicted molar refractivity (Wildman–Crippen MR) is 90.5 cm³/mol. The zero-order valence-corrected chi connectivity index (χ0v) is 12.8. The zero-order chi connectivity index (χ0) is 16.8. The lowest BCUT2D eigenvalue weighted by Gasteiger charge is -2.11. The lowest BCUT2D eigenvalue weighted by molar-refractivity contribution is 0.311. The molecule has 7 heteroatoms. The van der Waals surface area contributed by atoms with Crippen molar-refractivity contribution in [3.05, 3.63) is 60.5 Å². The van der Waals surface area contributed by atoms with Crippen molar-refractivity contribution in [3.63, 3.8) is 0 Å². The number of aromatic nitrogens is 3. The van der Waals surface area contributed by atoms with Crippen LogP contribution in [0.4, 0.5) is 21.8 Å². The van der Waals surface area contributed by atoms with Gasteiger partial charge in [-0.2, -0.15) is 4.98 Å². The summed E-state index contributed by atoms with van der Waals surface area (Å²) in [5, 5.41) is 14.8. The first kappa shape index (κ1) is 15.8. The van der Waals surface area contributed by atoms with Gasteiger partial charge < -0.3 is 15.7 Å². The molecule has 1 aromatic carbocycles. The fourth-order valence-corrected chi connectivity index (χ4v) is 2.10. The Labute approximate surface area is 138 Å². The topological polar surface area (TPSA) is 83.0 Å². The van der Waals surface area contributed by atoms with Gasteiger partial charge in [0, 0.05) is 18.8 Å². The molecule has 0 aliphatic rings. The fraction of sp³-hybridized carbons (Fsp3) is 0.118. The number of pyridine rings is 1. The molecule has 0 saturated heterocycles. The number of aliphatic hydroxyl groups excluding tert-OH is 1. The first-order valence-electron chi connectivity index (χ1n) is 7.43. The molecule has 0 bridgehead atoms. The summed E-state index contributed by atoms with van der Waals surface area (Å²) in [7, 11) is 0. The number of benzene rings is 1. The molecule has 0 aliphatic heterocycles. The van der Waals surface area contributed by atoms with Crippen molar-refractivity contribution in [1.29, 1.82) is 0 Å².